The molecular weight excluding hydrogens is 240 g/mol. The average Bonchev–Trinajstić information content (AvgIpc) is 3.19. The number of hydrogen-bond donors (Lipinski definition) is 0. The Balaban J connectivity index is 2.16. The van der Waals surface area contributed by atoms with Crippen LogP contribution in [0.25, 0.3) is 10.9 Å². The van der Waals surface area contributed by atoms with Crippen LogP contribution in [-0.2, 0) is 11.3 Å². The Kier molecular flexibility index (Phi) is 2.75. The summed E-state index contributed by atoms with van der Waals surface area (Å²) >= 11 is 0. The average molecular weight is 254 g/mol. The van der Waals surface area contributed by atoms with Crippen molar-refractivity contribution in [2.75, 3.05) is 7.11 Å². The number of fused-ring (bicyclic) bond motifs is 1. The standard InChI is InChI=1S/C15H14N2O2/c1-19-15(18)13-9-17(8-10-2-3-10)14-5-4-11(7-16)6-12(13)14/h4-6,9-10H,2-3,8H2,1H3. The lowest BCUT2D eigenvalue weighted by molar-refractivity contribution is 0.0602. The number of nitrogens with zero attached hydrogens (tertiary/aromatic N) is 2. The smallest absolute Gasteiger partial charge is 0.340 e. The molecule has 19 heavy (non-hydrogen) atoms. The molecule has 1 aromatic carbocycles. The molecule has 0 aliphatic heterocycles. The molecule has 1 aliphatic carbocycles. The summed E-state index contributed by atoms with van der Waals surface area (Å²) in [6.07, 6.45) is 4.35. The zero-order valence-electron chi connectivity index (χ0n) is 10.7. The van der Waals surface area contributed by atoms with Crippen LogP contribution in [0.3, 0.4) is 0 Å². The maximum absolute atomic E-state index is 11.8. The van der Waals surface area contributed by atoms with Crippen LogP contribution in [0, 0.1) is 17.2 Å². The Morgan fingerprint density at radius 1 is 1.53 bits per heavy atom. The van der Waals surface area contributed by atoms with E-state index < -0.39 is 0 Å². The Hall–Kier alpha value is -2.28. The van der Waals surface area contributed by atoms with Gasteiger partial charge in [0, 0.05) is 23.6 Å². The van der Waals surface area contributed by atoms with E-state index in [2.05, 4.69) is 10.6 Å². The van der Waals surface area contributed by atoms with Crippen molar-refractivity contribution in [3.05, 3.63) is 35.5 Å². The molecule has 0 spiro atoms. The van der Waals surface area contributed by atoms with Crippen molar-refractivity contribution in [2.24, 2.45) is 5.92 Å². The van der Waals surface area contributed by atoms with Crippen LogP contribution in [0.15, 0.2) is 24.4 Å². The highest BCUT2D eigenvalue weighted by Crippen LogP contribution is 2.33. The molecule has 1 saturated carbocycles. The number of carbonyl (C=O) groups is 1. The van der Waals surface area contributed by atoms with Gasteiger partial charge in [-0.3, -0.25) is 0 Å². The van der Waals surface area contributed by atoms with Gasteiger partial charge >= 0.3 is 5.97 Å². The number of rotatable bonds is 3. The second kappa shape index (κ2) is 4.43. The zero-order chi connectivity index (χ0) is 13.4. The number of nitriles is 1. The van der Waals surface area contributed by atoms with E-state index in [1.807, 2.05) is 12.3 Å². The van der Waals surface area contributed by atoms with E-state index in [0.717, 1.165) is 23.4 Å². The highest BCUT2D eigenvalue weighted by Gasteiger charge is 2.24. The fraction of sp³-hybridized carbons (Fsp3) is 0.333. The number of methoxy groups -OCH3 is 1. The van der Waals surface area contributed by atoms with Gasteiger partial charge in [0.1, 0.15) is 0 Å². The van der Waals surface area contributed by atoms with Crippen molar-refractivity contribution in [3.63, 3.8) is 0 Å². The molecule has 1 heterocycles. The fourth-order valence-corrected chi connectivity index (χ4v) is 2.37. The van der Waals surface area contributed by atoms with Crippen LogP contribution in [0.1, 0.15) is 28.8 Å². The van der Waals surface area contributed by atoms with Crippen molar-refractivity contribution in [1.29, 1.82) is 5.26 Å². The van der Waals surface area contributed by atoms with Crippen LogP contribution in [-0.4, -0.2) is 17.6 Å². The summed E-state index contributed by atoms with van der Waals surface area (Å²) in [7, 11) is 1.38. The van der Waals surface area contributed by atoms with E-state index in [0.29, 0.717) is 11.1 Å². The van der Waals surface area contributed by atoms with Crippen LogP contribution in [0.2, 0.25) is 0 Å². The third-order valence-electron chi connectivity index (χ3n) is 3.57. The number of benzene rings is 1. The quantitative estimate of drug-likeness (QED) is 0.791. The van der Waals surface area contributed by atoms with Crippen molar-refractivity contribution in [1.82, 2.24) is 4.57 Å². The number of ether oxygens (including phenoxy) is 1. The summed E-state index contributed by atoms with van der Waals surface area (Å²) in [6, 6.07) is 7.55. The van der Waals surface area contributed by atoms with Crippen LogP contribution < -0.4 is 0 Å². The lowest BCUT2D eigenvalue weighted by Gasteiger charge is -2.02. The van der Waals surface area contributed by atoms with E-state index in [-0.39, 0.29) is 5.97 Å². The van der Waals surface area contributed by atoms with Gasteiger partial charge in [-0.1, -0.05) is 0 Å². The molecule has 96 valence electrons. The second-order valence-corrected chi connectivity index (χ2v) is 4.97. The van der Waals surface area contributed by atoms with E-state index in [9.17, 15) is 4.79 Å². The molecule has 2 aromatic rings. The fourth-order valence-electron chi connectivity index (χ4n) is 2.37. The Morgan fingerprint density at radius 2 is 2.32 bits per heavy atom. The molecule has 0 N–H and O–H groups in total. The summed E-state index contributed by atoms with van der Waals surface area (Å²) in [5, 5.41) is 9.77. The van der Waals surface area contributed by atoms with E-state index in [1.165, 1.54) is 20.0 Å². The number of aromatic nitrogens is 1. The van der Waals surface area contributed by atoms with Crippen molar-refractivity contribution < 1.29 is 9.53 Å². The zero-order valence-corrected chi connectivity index (χ0v) is 10.7. The summed E-state index contributed by atoms with van der Waals surface area (Å²) < 4.78 is 6.91. The van der Waals surface area contributed by atoms with Gasteiger partial charge in [0.2, 0.25) is 0 Å². The first-order chi connectivity index (χ1) is 9.22. The second-order valence-electron chi connectivity index (χ2n) is 4.97. The molecule has 0 bridgehead atoms. The number of carbonyl (C=O) groups excluding carboxylic acids is 1. The maximum Gasteiger partial charge on any atom is 0.340 e. The van der Waals surface area contributed by atoms with Crippen LogP contribution in [0.5, 0.6) is 0 Å². The predicted molar refractivity (Wildman–Crippen MR) is 70.7 cm³/mol. The first kappa shape index (κ1) is 11.8. The van der Waals surface area contributed by atoms with Gasteiger partial charge in [-0.15, -0.1) is 0 Å². The molecule has 0 amide bonds. The minimum absolute atomic E-state index is 0.352. The molecular formula is C15H14N2O2. The van der Waals surface area contributed by atoms with E-state index in [4.69, 9.17) is 10.00 Å². The first-order valence-electron chi connectivity index (χ1n) is 6.34. The summed E-state index contributed by atoms with van der Waals surface area (Å²) in [4.78, 5) is 11.8. The van der Waals surface area contributed by atoms with Gasteiger partial charge < -0.3 is 9.30 Å². The lowest BCUT2D eigenvalue weighted by atomic mass is 10.1. The van der Waals surface area contributed by atoms with Crippen molar-refractivity contribution >= 4 is 16.9 Å². The minimum Gasteiger partial charge on any atom is -0.465 e. The molecule has 0 unspecified atom stereocenters. The van der Waals surface area contributed by atoms with Crippen LogP contribution in [0.4, 0.5) is 0 Å². The third kappa shape index (κ3) is 2.08. The molecule has 3 rings (SSSR count). The molecule has 1 fully saturated rings. The van der Waals surface area contributed by atoms with Crippen molar-refractivity contribution in [3.8, 4) is 6.07 Å². The predicted octanol–water partition coefficient (Wildman–Crippen LogP) is 2.71. The van der Waals surface area contributed by atoms with Gasteiger partial charge in [-0.2, -0.15) is 5.26 Å². The van der Waals surface area contributed by atoms with E-state index in [1.54, 1.807) is 12.1 Å². The van der Waals surface area contributed by atoms with Gasteiger partial charge in [0.15, 0.2) is 0 Å². The molecule has 1 aromatic heterocycles. The summed E-state index contributed by atoms with van der Waals surface area (Å²) in [5.41, 5.74) is 2.09. The summed E-state index contributed by atoms with van der Waals surface area (Å²) in [6.45, 7) is 0.930. The SMILES string of the molecule is COC(=O)c1cn(CC2CC2)c2ccc(C#N)cc12. The molecule has 0 radical (unpaired) electrons. The van der Waals surface area contributed by atoms with Gasteiger partial charge in [0.25, 0.3) is 0 Å². The topological polar surface area (TPSA) is 55.0 Å². The van der Waals surface area contributed by atoms with Gasteiger partial charge in [0.05, 0.1) is 24.3 Å². The maximum atomic E-state index is 11.8. The molecule has 4 heteroatoms. The molecule has 1 aliphatic rings. The molecule has 0 atom stereocenters. The normalized spacial score (nSPS) is 14.3. The Bertz CT molecular complexity index is 690. The molecule has 4 nitrogen and oxygen atoms in total. The van der Waals surface area contributed by atoms with E-state index >= 15 is 0 Å². The third-order valence-corrected chi connectivity index (χ3v) is 3.57. The lowest BCUT2D eigenvalue weighted by Crippen LogP contribution is -2.01. The monoisotopic (exact) mass is 254 g/mol. The first-order valence-corrected chi connectivity index (χ1v) is 6.34. The number of hydrogen-bond acceptors (Lipinski definition) is 3. The Labute approximate surface area is 111 Å². The number of esters is 1. The Morgan fingerprint density at radius 3 is 2.95 bits per heavy atom. The summed E-state index contributed by atoms with van der Waals surface area (Å²) in [5.74, 6) is 0.367. The van der Waals surface area contributed by atoms with Crippen molar-refractivity contribution in [2.45, 2.75) is 19.4 Å². The van der Waals surface area contributed by atoms with Gasteiger partial charge in [-0.25, -0.2) is 4.79 Å². The van der Waals surface area contributed by atoms with Crippen LogP contribution >= 0.6 is 0 Å². The van der Waals surface area contributed by atoms with Gasteiger partial charge in [-0.05, 0) is 37.0 Å². The minimum atomic E-state index is -0.352. The largest absolute Gasteiger partial charge is 0.465 e. The highest BCUT2D eigenvalue weighted by molar-refractivity contribution is 6.04. The highest BCUT2D eigenvalue weighted by atomic mass is 16.5. The molecule has 0 saturated heterocycles.